The van der Waals surface area contributed by atoms with Gasteiger partial charge in [0, 0.05) is 11.6 Å². The van der Waals surface area contributed by atoms with Crippen molar-refractivity contribution in [1.82, 2.24) is 10.2 Å². The van der Waals surface area contributed by atoms with Gasteiger partial charge in [-0.15, -0.1) is 0 Å². The van der Waals surface area contributed by atoms with Gasteiger partial charge in [0.15, 0.2) is 5.78 Å². The van der Waals surface area contributed by atoms with Crippen molar-refractivity contribution in [1.29, 1.82) is 0 Å². The monoisotopic (exact) mass is 276 g/mol. The van der Waals surface area contributed by atoms with Crippen molar-refractivity contribution in [3.05, 3.63) is 35.9 Å². The average Bonchev–Trinajstić information content (AvgIpc) is 2.39. The van der Waals surface area contributed by atoms with Crippen LogP contribution in [0.3, 0.4) is 0 Å². The molecule has 1 unspecified atom stereocenters. The van der Waals surface area contributed by atoms with E-state index in [4.69, 9.17) is 0 Å². The smallest absolute Gasteiger partial charge is 0.234 e. The number of hydrogen-bond acceptors (Lipinski definition) is 3. The maximum absolute atomic E-state index is 12.4. The molecule has 0 radical (unpaired) electrons. The third kappa shape index (κ3) is 4.78. The molecule has 1 aromatic carbocycles. The van der Waals surface area contributed by atoms with Gasteiger partial charge in [0.05, 0.1) is 12.6 Å². The molecule has 1 aromatic rings. The zero-order valence-corrected chi connectivity index (χ0v) is 12.7. The summed E-state index contributed by atoms with van der Waals surface area (Å²) in [6, 6.07) is 9.06. The van der Waals surface area contributed by atoms with Crippen LogP contribution in [0.1, 0.15) is 37.6 Å². The third-order valence-corrected chi connectivity index (χ3v) is 3.12. The van der Waals surface area contributed by atoms with E-state index in [1.54, 1.807) is 0 Å². The molecule has 1 atom stereocenters. The summed E-state index contributed by atoms with van der Waals surface area (Å²) in [5, 5.41) is 2.84. The van der Waals surface area contributed by atoms with Crippen LogP contribution >= 0.6 is 0 Å². The number of benzene rings is 1. The number of carbonyl (C=O) groups is 2. The number of rotatable bonds is 7. The largest absolute Gasteiger partial charge is 0.353 e. The standard InChI is InChI=1S/C16H24N2O2/c1-5-14(16(20)13-9-7-6-8-10-13)18(4)11-15(19)17-12(2)3/h6-10,12,14H,5,11H2,1-4H3,(H,17,19). The van der Waals surface area contributed by atoms with Crippen molar-refractivity contribution >= 4 is 11.7 Å². The minimum atomic E-state index is -0.268. The third-order valence-electron chi connectivity index (χ3n) is 3.12. The molecule has 4 nitrogen and oxygen atoms in total. The molecule has 110 valence electrons. The van der Waals surface area contributed by atoms with Gasteiger partial charge in [-0.2, -0.15) is 0 Å². The lowest BCUT2D eigenvalue weighted by Crippen LogP contribution is -2.45. The van der Waals surface area contributed by atoms with Gasteiger partial charge in [-0.1, -0.05) is 37.3 Å². The second-order valence-corrected chi connectivity index (χ2v) is 5.29. The van der Waals surface area contributed by atoms with Gasteiger partial charge in [-0.05, 0) is 27.3 Å². The van der Waals surface area contributed by atoms with Crippen molar-refractivity contribution in [2.45, 2.75) is 39.3 Å². The Morgan fingerprint density at radius 2 is 1.80 bits per heavy atom. The van der Waals surface area contributed by atoms with Crippen LogP contribution in [-0.4, -0.2) is 42.3 Å². The second-order valence-electron chi connectivity index (χ2n) is 5.29. The molecular weight excluding hydrogens is 252 g/mol. The van der Waals surface area contributed by atoms with E-state index in [1.807, 2.05) is 63.1 Å². The number of ketones is 1. The summed E-state index contributed by atoms with van der Waals surface area (Å²) < 4.78 is 0. The van der Waals surface area contributed by atoms with Crippen LogP contribution in [-0.2, 0) is 4.79 Å². The van der Waals surface area contributed by atoms with E-state index in [0.29, 0.717) is 12.0 Å². The summed E-state index contributed by atoms with van der Waals surface area (Å²) >= 11 is 0. The molecule has 0 aliphatic rings. The number of nitrogens with zero attached hydrogens (tertiary/aromatic N) is 1. The van der Waals surface area contributed by atoms with Crippen LogP contribution in [0.4, 0.5) is 0 Å². The number of carbonyl (C=O) groups excluding carboxylic acids is 2. The Kier molecular flexibility index (Phi) is 6.39. The van der Waals surface area contributed by atoms with E-state index < -0.39 is 0 Å². The molecule has 1 rings (SSSR count). The fraction of sp³-hybridized carbons (Fsp3) is 0.500. The lowest BCUT2D eigenvalue weighted by Gasteiger charge is -2.25. The van der Waals surface area contributed by atoms with Gasteiger partial charge in [-0.3, -0.25) is 14.5 Å². The highest BCUT2D eigenvalue weighted by molar-refractivity contribution is 6.00. The predicted octanol–water partition coefficient (Wildman–Crippen LogP) is 2.10. The van der Waals surface area contributed by atoms with Crippen molar-refractivity contribution in [2.75, 3.05) is 13.6 Å². The SMILES string of the molecule is CCC(C(=O)c1ccccc1)N(C)CC(=O)NC(C)C. The quantitative estimate of drug-likeness (QED) is 0.776. The van der Waals surface area contributed by atoms with Crippen LogP contribution in [0.25, 0.3) is 0 Å². The fourth-order valence-corrected chi connectivity index (χ4v) is 2.20. The van der Waals surface area contributed by atoms with E-state index in [0.717, 1.165) is 0 Å². The first kappa shape index (κ1) is 16.4. The van der Waals surface area contributed by atoms with Crippen molar-refractivity contribution in [2.24, 2.45) is 0 Å². The summed E-state index contributed by atoms with van der Waals surface area (Å²) in [4.78, 5) is 26.0. The van der Waals surface area contributed by atoms with Crippen molar-refractivity contribution in [3.63, 3.8) is 0 Å². The van der Waals surface area contributed by atoms with Gasteiger partial charge in [0.25, 0.3) is 0 Å². The van der Waals surface area contributed by atoms with E-state index >= 15 is 0 Å². The van der Waals surface area contributed by atoms with Crippen LogP contribution in [0.15, 0.2) is 30.3 Å². The van der Waals surface area contributed by atoms with E-state index in [-0.39, 0.29) is 30.3 Å². The van der Waals surface area contributed by atoms with Gasteiger partial charge in [0.2, 0.25) is 5.91 Å². The highest BCUT2D eigenvalue weighted by atomic mass is 16.2. The maximum atomic E-state index is 12.4. The number of nitrogens with one attached hydrogen (secondary N) is 1. The Hall–Kier alpha value is -1.68. The molecule has 1 amide bonds. The highest BCUT2D eigenvalue weighted by Crippen LogP contribution is 2.11. The van der Waals surface area contributed by atoms with E-state index in [1.165, 1.54) is 0 Å². The molecule has 0 saturated carbocycles. The first-order valence-corrected chi connectivity index (χ1v) is 7.04. The Morgan fingerprint density at radius 3 is 2.30 bits per heavy atom. The van der Waals surface area contributed by atoms with Crippen LogP contribution in [0.2, 0.25) is 0 Å². The van der Waals surface area contributed by atoms with Crippen LogP contribution in [0.5, 0.6) is 0 Å². The minimum Gasteiger partial charge on any atom is -0.353 e. The highest BCUT2D eigenvalue weighted by Gasteiger charge is 2.24. The Labute approximate surface area is 121 Å². The molecule has 0 aliphatic heterocycles. The van der Waals surface area contributed by atoms with Gasteiger partial charge in [-0.25, -0.2) is 0 Å². The van der Waals surface area contributed by atoms with Crippen molar-refractivity contribution < 1.29 is 9.59 Å². The molecule has 20 heavy (non-hydrogen) atoms. The molecule has 0 bridgehead atoms. The summed E-state index contributed by atoms with van der Waals surface area (Å²) in [6.07, 6.45) is 0.680. The van der Waals surface area contributed by atoms with Crippen LogP contribution < -0.4 is 5.32 Å². The van der Waals surface area contributed by atoms with E-state index in [2.05, 4.69) is 5.32 Å². The average molecular weight is 276 g/mol. The molecule has 0 fully saturated rings. The topological polar surface area (TPSA) is 49.4 Å². The Balaban J connectivity index is 2.70. The molecule has 1 N–H and O–H groups in total. The van der Waals surface area contributed by atoms with Gasteiger partial charge in [0.1, 0.15) is 0 Å². The molecule has 0 heterocycles. The molecular formula is C16H24N2O2. The molecule has 0 spiro atoms. The van der Waals surface area contributed by atoms with Crippen molar-refractivity contribution in [3.8, 4) is 0 Å². The predicted molar refractivity (Wildman–Crippen MR) is 80.8 cm³/mol. The molecule has 0 aliphatic carbocycles. The zero-order chi connectivity index (χ0) is 15.1. The van der Waals surface area contributed by atoms with Crippen LogP contribution in [0, 0.1) is 0 Å². The molecule has 0 saturated heterocycles. The normalized spacial score (nSPS) is 12.5. The van der Waals surface area contributed by atoms with Gasteiger partial charge >= 0.3 is 0 Å². The first-order chi connectivity index (χ1) is 9.45. The second kappa shape index (κ2) is 7.80. The number of likely N-dealkylation sites (N-methyl/N-ethyl adjacent to an activating group) is 1. The maximum Gasteiger partial charge on any atom is 0.234 e. The lowest BCUT2D eigenvalue weighted by molar-refractivity contribution is -0.122. The summed E-state index contributed by atoms with van der Waals surface area (Å²) in [7, 11) is 1.81. The minimum absolute atomic E-state index is 0.0539. The summed E-state index contributed by atoms with van der Waals surface area (Å²) in [5.41, 5.74) is 0.690. The Bertz CT molecular complexity index is 443. The fourth-order valence-electron chi connectivity index (χ4n) is 2.20. The molecule has 0 aromatic heterocycles. The number of amides is 1. The lowest BCUT2D eigenvalue weighted by atomic mass is 10.0. The zero-order valence-electron chi connectivity index (χ0n) is 12.7. The Morgan fingerprint density at radius 1 is 1.20 bits per heavy atom. The summed E-state index contributed by atoms with van der Waals surface area (Å²) in [5.74, 6) is 0.00904. The van der Waals surface area contributed by atoms with E-state index in [9.17, 15) is 9.59 Å². The summed E-state index contributed by atoms with van der Waals surface area (Å²) in [6.45, 7) is 6.03. The number of hydrogen-bond donors (Lipinski definition) is 1. The first-order valence-electron chi connectivity index (χ1n) is 7.04. The molecule has 4 heteroatoms. The van der Waals surface area contributed by atoms with Gasteiger partial charge < -0.3 is 5.32 Å². The number of Topliss-reactive ketones (excluding diaryl/α,β-unsaturated/α-hetero) is 1.